The Morgan fingerprint density at radius 1 is 1.57 bits per heavy atom. The number of ether oxygens (including phenoxy) is 1. The first-order chi connectivity index (χ1) is 6.68. The normalized spacial score (nSPS) is 16.0. The van der Waals surface area contributed by atoms with E-state index >= 15 is 0 Å². The van der Waals surface area contributed by atoms with Gasteiger partial charge in [-0.3, -0.25) is 4.68 Å². The maximum absolute atomic E-state index is 5.41. The summed E-state index contributed by atoms with van der Waals surface area (Å²) in [6.45, 7) is 6.87. The van der Waals surface area contributed by atoms with E-state index in [1.54, 1.807) is 0 Å². The summed E-state index contributed by atoms with van der Waals surface area (Å²) < 4.78 is 8.56. The van der Waals surface area contributed by atoms with Crippen molar-refractivity contribution in [3.63, 3.8) is 0 Å². The Labute approximate surface area is 92.6 Å². The molecular weight excluding hydrogens is 244 g/mol. The van der Waals surface area contributed by atoms with Crippen molar-refractivity contribution in [3.8, 4) is 0 Å². The minimum Gasteiger partial charge on any atom is -0.376 e. The summed E-state index contributed by atoms with van der Waals surface area (Å²) >= 11 is 3.59. The maximum Gasteiger partial charge on any atom is 0.109 e. The Morgan fingerprint density at radius 3 is 3.00 bits per heavy atom. The van der Waals surface area contributed by atoms with Gasteiger partial charge >= 0.3 is 0 Å². The molecule has 0 N–H and O–H groups in total. The van der Waals surface area contributed by atoms with E-state index < -0.39 is 0 Å². The minimum atomic E-state index is 0.619. The predicted octanol–water partition coefficient (Wildman–Crippen LogP) is 2.37. The maximum atomic E-state index is 5.41. The van der Waals surface area contributed by atoms with Crippen LogP contribution in [0.5, 0.6) is 0 Å². The molecule has 0 atom stereocenters. The fraction of sp³-hybridized carbons (Fsp3) is 0.700. The van der Waals surface area contributed by atoms with Crippen LogP contribution >= 0.6 is 15.9 Å². The number of fused-ring (bicyclic) bond motifs is 1. The Kier molecular flexibility index (Phi) is 2.93. The summed E-state index contributed by atoms with van der Waals surface area (Å²) in [7, 11) is 0. The van der Waals surface area contributed by atoms with Crippen molar-refractivity contribution in [1.29, 1.82) is 0 Å². The van der Waals surface area contributed by atoms with Crippen molar-refractivity contribution in [2.75, 3.05) is 6.61 Å². The summed E-state index contributed by atoms with van der Waals surface area (Å²) in [4.78, 5) is 0. The van der Waals surface area contributed by atoms with E-state index in [1.165, 1.54) is 11.3 Å². The van der Waals surface area contributed by atoms with Crippen molar-refractivity contribution < 1.29 is 4.74 Å². The highest BCUT2D eigenvalue weighted by Crippen LogP contribution is 2.25. The molecule has 0 aliphatic carbocycles. The van der Waals surface area contributed by atoms with Gasteiger partial charge in [0.15, 0.2) is 0 Å². The van der Waals surface area contributed by atoms with Crippen LogP contribution in [-0.2, 0) is 24.3 Å². The largest absolute Gasteiger partial charge is 0.376 e. The van der Waals surface area contributed by atoms with Gasteiger partial charge in [-0.15, -0.1) is 0 Å². The molecule has 2 rings (SSSR count). The molecule has 0 radical (unpaired) electrons. The van der Waals surface area contributed by atoms with Gasteiger partial charge in [0.1, 0.15) is 4.60 Å². The molecule has 1 aliphatic heterocycles. The van der Waals surface area contributed by atoms with E-state index in [-0.39, 0.29) is 0 Å². The van der Waals surface area contributed by atoms with Crippen molar-refractivity contribution in [3.05, 3.63) is 15.9 Å². The lowest BCUT2D eigenvalue weighted by Gasteiger charge is -2.10. The molecule has 3 nitrogen and oxygen atoms in total. The molecular formula is C10H15BrN2O. The fourth-order valence-electron chi connectivity index (χ4n) is 1.68. The van der Waals surface area contributed by atoms with Crippen molar-refractivity contribution in [2.24, 2.45) is 5.92 Å². The first kappa shape index (κ1) is 10.2. The first-order valence-electron chi connectivity index (χ1n) is 5.00. The Balaban J connectivity index is 2.29. The van der Waals surface area contributed by atoms with Crippen molar-refractivity contribution >= 4 is 15.9 Å². The Hall–Kier alpha value is -0.350. The van der Waals surface area contributed by atoms with Gasteiger partial charge in [-0.1, -0.05) is 13.8 Å². The highest BCUT2D eigenvalue weighted by atomic mass is 79.9. The molecule has 0 aromatic carbocycles. The molecule has 1 aliphatic rings. The standard InChI is InChI=1S/C10H15BrN2O/c1-7(2)5-13-10(11)8-6-14-4-3-9(8)12-13/h7H,3-6H2,1-2H3. The lowest BCUT2D eigenvalue weighted by Crippen LogP contribution is -2.08. The van der Waals surface area contributed by atoms with Crippen LogP contribution in [0.4, 0.5) is 0 Å². The van der Waals surface area contributed by atoms with Gasteiger partial charge in [0.25, 0.3) is 0 Å². The van der Waals surface area contributed by atoms with E-state index in [4.69, 9.17) is 4.74 Å². The third kappa shape index (κ3) is 1.86. The predicted molar refractivity (Wildman–Crippen MR) is 58.1 cm³/mol. The Bertz CT molecular complexity index is 333. The van der Waals surface area contributed by atoms with Gasteiger partial charge in [-0.2, -0.15) is 5.10 Å². The molecule has 1 aromatic heterocycles. The zero-order valence-corrected chi connectivity index (χ0v) is 10.2. The number of hydrogen-bond acceptors (Lipinski definition) is 2. The van der Waals surface area contributed by atoms with E-state index in [0.717, 1.165) is 24.2 Å². The third-order valence-corrected chi connectivity index (χ3v) is 3.22. The van der Waals surface area contributed by atoms with Crippen LogP contribution in [0.3, 0.4) is 0 Å². The number of hydrogen-bond donors (Lipinski definition) is 0. The van der Waals surface area contributed by atoms with Crippen molar-refractivity contribution in [2.45, 2.75) is 33.4 Å². The van der Waals surface area contributed by atoms with E-state index in [2.05, 4.69) is 34.9 Å². The van der Waals surface area contributed by atoms with Gasteiger partial charge in [0, 0.05) is 18.5 Å². The third-order valence-electron chi connectivity index (χ3n) is 2.33. The molecule has 0 bridgehead atoms. The second-order valence-electron chi connectivity index (χ2n) is 4.09. The van der Waals surface area contributed by atoms with Crippen LogP contribution in [0.2, 0.25) is 0 Å². The fourth-order valence-corrected chi connectivity index (χ4v) is 2.25. The van der Waals surface area contributed by atoms with Gasteiger partial charge in [0.2, 0.25) is 0 Å². The van der Waals surface area contributed by atoms with Crippen LogP contribution in [0.25, 0.3) is 0 Å². The quantitative estimate of drug-likeness (QED) is 0.815. The highest BCUT2D eigenvalue weighted by Gasteiger charge is 2.19. The van der Waals surface area contributed by atoms with Crippen LogP contribution in [-0.4, -0.2) is 16.4 Å². The molecule has 2 heterocycles. The molecule has 78 valence electrons. The average Bonchev–Trinajstić information content (AvgIpc) is 2.44. The van der Waals surface area contributed by atoms with Gasteiger partial charge < -0.3 is 4.74 Å². The summed E-state index contributed by atoms with van der Waals surface area (Å²) in [5.41, 5.74) is 2.43. The number of rotatable bonds is 2. The summed E-state index contributed by atoms with van der Waals surface area (Å²) in [6.07, 6.45) is 0.943. The molecule has 0 unspecified atom stereocenters. The van der Waals surface area contributed by atoms with Gasteiger partial charge in [0.05, 0.1) is 18.9 Å². The molecule has 0 saturated carbocycles. The van der Waals surface area contributed by atoms with E-state index in [0.29, 0.717) is 12.5 Å². The molecule has 1 aromatic rings. The van der Waals surface area contributed by atoms with E-state index in [9.17, 15) is 0 Å². The van der Waals surface area contributed by atoms with E-state index in [1.807, 2.05) is 4.68 Å². The lowest BCUT2D eigenvalue weighted by molar-refractivity contribution is 0.110. The van der Waals surface area contributed by atoms with Crippen LogP contribution in [0.1, 0.15) is 25.1 Å². The van der Waals surface area contributed by atoms with Crippen molar-refractivity contribution in [1.82, 2.24) is 9.78 Å². The number of aromatic nitrogens is 2. The SMILES string of the molecule is CC(C)Cn1nc2c(c1Br)COCC2. The lowest BCUT2D eigenvalue weighted by atomic mass is 10.2. The topological polar surface area (TPSA) is 27.1 Å². The zero-order valence-electron chi connectivity index (χ0n) is 8.59. The zero-order chi connectivity index (χ0) is 10.1. The van der Waals surface area contributed by atoms with Crippen LogP contribution in [0.15, 0.2) is 4.60 Å². The monoisotopic (exact) mass is 258 g/mol. The summed E-state index contributed by atoms with van der Waals surface area (Å²) in [5.74, 6) is 0.619. The summed E-state index contributed by atoms with van der Waals surface area (Å²) in [5, 5.41) is 4.58. The van der Waals surface area contributed by atoms with Gasteiger partial charge in [-0.05, 0) is 21.8 Å². The molecule has 14 heavy (non-hydrogen) atoms. The number of nitrogens with zero attached hydrogens (tertiary/aromatic N) is 2. The second-order valence-corrected chi connectivity index (χ2v) is 4.85. The number of halogens is 1. The Morgan fingerprint density at radius 2 is 2.36 bits per heavy atom. The van der Waals surface area contributed by atoms with Gasteiger partial charge in [-0.25, -0.2) is 0 Å². The molecule has 0 saturated heterocycles. The van der Waals surface area contributed by atoms with Crippen LogP contribution < -0.4 is 0 Å². The molecule has 0 spiro atoms. The summed E-state index contributed by atoms with van der Waals surface area (Å²) in [6, 6.07) is 0. The second kappa shape index (κ2) is 4.03. The molecule has 4 heteroatoms. The van der Waals surface area contributed by atoms with Crippen LogP contribution in [0, 0.1) is 5.92 Å². The first-order valence-corrected chi connectivity index (χ1v) is 5.79. The minimum absolute atomic E-state index is 0.619. The molecule has 0 fully saturated rings. The average molecular weight is 259 g/mol. The molecule has 0 amide bonds. The highest BCUT2D eigenvalue weighted by molar-refractivity contribution is 9.10. The smallest absolute Gasteiger partial charge is 0.109 e.